The van der Waals surface area contributed by atoms with Crippen LogP contribution in [0.3, 0.4) is 0 Å². The van der Waals surface area contributed by atoms with Gasteiger partial charge in [-0.15, -0.1) is 0 Å². The average molecular weight is 376 g/mol. The minimum absolute atomic E-state index is 0.0409. The van der Waals surface area contributed by atoms with E-state index in [0.29, 0.717) is 10.8 Å². The quantitative estimate of drug-likeness (QED) is 0.812. The zero-order valence-corrected chi connectivity index (χ0v) is 15.6. The SMILES string of the molecule is Cc1cc(OCC(=O)Nc2ccc(C[NH+]3CCOCC3)cc2)ccc1Cl. The van der Waals surface area contributed by atoms with Crippen LogP contribution >= 0.6 is 11.6 Å². The average Bonchev–Trinajstić information content (AvgIpc) is 2.65. The van der Waals surface area contributed by atoms with Gasteiger partial charge in [-0.05, 0) is 42.8 Å². The topological polar surface area (TPSA) is 52.0 Å². The molecule has 0 aliphatic carbocycles. The normalized spacial score (nSPS) is 14.8. The molecule has 6 heteroatoms. The molecule has 1 heterocycles. The van der Waals surface area contributed by atoms with Crippen molar-refractivity contribution in [2.75, 3.05) is 38.2 Å². The van der Waals surface area contributed by atoms with E-state index in [9.17, 15) is 4.79 Å². The number of morpholine rings is 1. The number of halogens is 1. The molecule has 1 aliphatic heterocycles. The molecular formula is C20H24ClN2O3+. The molecule has 2 aromatic carbocycles. The number of hydrogen-bond acceptors (Lipinski definition) is 3. The molecule has 0 atom stereocenters. The molecule has 0 aromatic heterocycles. The number of amides is 1. The smallest absolute Gasteiger partial charge is 0.262 e. The third-order valence-electron chi connectivity index (χ3n) is 4.39. The number of nitrogens with one attached hydrogen (secondary N) is 2. The van der Waals surface area contributed by atoms with Crippen LogP contribution in [0.5, 0.6) is 5.75 Å². The summed E-state index contributed by atoms with van der Waals surface area (Å²) in [6, 6.07) is 13.3. The third kappa shape index (κ3) is 5.46. The number of rotatable bonds is 6. The van der Waals surface area contributed by atoms with Crippen LogP contribution < -0.4 is 15.0 Å². The second kappa shape index (κ2) is 9.03. The van der Waals surface area contributed by atoms with Gasteiger partial charge in [0.1, 0.15) is 25.4 Å². The highest BCUT2D eigenvalue weighted by Crippen LogP contribution is 2.21. The summed E-state index contributed by atoms with van der Waals surface area (Å²) in [6.45, 7) is 6.58. The first-order valence-electron chi connectivity index (χ1n) is 8.79. The van der Waals surface area contributed by atoms with Crippen LogP contribution in [0.25, 0.3) is 0 Å². The fourth-order valence-electron chi connectivity index (χ4n) is 2.88. The van der Waals surface area contributed by atoms with Crippen molar-refractivity contribution in [3.05, 3.63) is 58.6 Å². The summed E-state index contributed by atoms with van der Waals surface area (Å²) in [5.74, 6) is 0.440. The summed E-state index contributed by atoms with van der Waals surface area (Å²) in [6.07, 6.45) is 0. The number of hydrogen-bond donors (Lipinski definition) is 2. The van der Waals surface area contributed by atoms with Crippen molar-refractivity contribution in [3.8, 4) is 5.75 Å². The van der Waals surface area contributed by atoms with Gasteiger partial charge in [0.05, 0.1) is 13.2 Å². The summed E-state index contributed by atoms with van der Waals surface area (Å²) in [5.41, 5.74) is 2.95. The first-order chi connectivity index (χ1) is 12.6. The van der Waals surface area contributed by atoms with Crippen molar-refractivity contribution < 1.29 is 19.2 Å². The highest BCUT2D eigenvalue weighted by molar-refractivity contribution is 6.31. The first kappa shape index (κ1) is 18.7. The second-order valence-electron chi connectivity index (χ2n) is 6.48. The lowest BCUT2D eigenvalue weighted by Gasteiger charge is -2.23. The van der Waals surface area contributed by atoms with E-state index in [0.717, 1.165) is 44.1 Å². The summed E-state index contributed by atoms with van der Waals surface area (Å²) < 4.78 is 10.9. The summed E-state index contributed by atoms with van der Waals surface area (Å²) in [7, 11) is 0. The molecule has 1 aliphatic rings. The monoisotopic (exact) mass is 375 g/mol. The number of carbonyl (C=O) groups excluding carboxylic acids is 1. The molecule has 1 saturated heterocycles. The molecule has 1 amide bonds. The minimum atomic E-state index is -0.191. The second-order valence-corrected chi connectivity index (χ2v) is 6.89. The van der Waals surface area contributed by atoms with Gasteiger partial charge in [-0.1, -0.05) is 23.7 Å². The molecule has 1 fully saturated rings. The van der Waals surface area contributed by atoms with Crippen LogP contribution in [0, 0.1) is 6.92 Å². The van der Waals surface area contributed by atoms with Gasteiger partial charge in [-0.25, -0.2) is 0 Å². The Bertz CT molecular complexity index is 743. The van der Waals surface area contributed by atoms with Crippen LogP contribution in [-0.4, -0.2) is 38.8 Å². The van der Waals surface area contributed by atoms with E-state index in [-0.39, 0.29) is 12.5 Å². The van der Waals surface area contributed by atoms with E-state index in [4.69, 9.17) is 21.1 Å². The van der Waals surface area contributed by atoms with Crippen molar-refractivity contribution >= 4 is 23.2 Å². The Hall–Kier alpha value is -2.08. The van der Waals surface area contributed by atoms with Gasteiger partial charge in [-0.3, -0.25) is 4.79 Å². The molecule has 0 unspecified atom stereocenters. The molecular weight excluding hydrogens is 352 g/mol. The number of aryl methyl sites for hydroxylation is 1. The predicted molar refractivity (Wildman–Crippen MR) is 102 cm³/mol. The molecule has 0 bridgehead atoms. The Morgan fingerprint density at radius 3 is 2.62 bits per heavy atom. The van der Waals surface area contributed by atoms with Gasteiger partial charge < -0.3 is 19.7 Å². The maximum absolute atomic E-state index is 12.1. The summed E-state index contributed by atoms with van der Waals surface area (Å²) >= 11 is 5.98. The molecule has 5 nitrogen and oxygen atoms in total. The fourth-order valence-corrected chi connectivity index (χ4v) is 3.00. The van der Waals surface area contributed by atoms with Crippen molar-refractivity contribution in [1.82, 2.24) is 0 Å². The molecule has 2 aromatic rings. The zero-order chi connectivity index (χ0) is 18.4. The molecule has 2 N–H and O–H groups in total. The Labute approximate surface area is 158 Å². The Morgan fingerprint density at radius 1 is 1.19 bits per heavy atom. The van der Waals surface area contributed by atoms with E-state index >= 15 is 0 Å². The van der Waals surface area contributed by atoms with Crippen molar-refractivity contribution in [2.24, 2.45) is 0 Å². The number of quaternary nitrogens is 1. The minimum Gasteiger partial charge on any atom is -0.484 e. The van der Waals surface area contributed by atoms with Gasteiger partial charge in [0.2, 0.25) is 0 Å². The Morgan fingerprint density at radius 2 is 1.92 bits per heavy atom. The number of anilines is 1. The summed E-state index contributed by atoms with van der Waals surface area (Å²) in [4.78, 5) is 13.6. The van der Waals surface area contributed by atoms with Crippen LogP contribution in [0.4, 0.5) is 5.69 Å². The van der Waals surface area contributed by atoms with E-state index in [1.54, 1.807) is 12.1 Å². The van der Waals surface area contributed by atoms with Crippen molar-refractivity contribution in [3.63, 3.8) is 0 Å². The maximum Gasteiger partial charge on any atom is 0.262 e. The van der Waals surface area contributed by atoms with Crippen LogP contribution in [0.2, 0.25) is 5.02 Å². The van der Waals surface area contributed by atoms with Gasteiger partial charge in [0, 0.05) is 16.3 Å². The van der Waals surface area contributed by atoms with Crippen molar-refractivity contribution in [1.29, 1.82) is 0 Å². The molecule has 3 rings (SSSR count). The first-order valence-corrected chi connectivity index (χ1v) is 9.17. The number of ether oxygens (including phenoxy) is 2. The number of benzene rings is 2. The highest BCUT2D eigenvalue weighted by atomic mass is 35.5. The van der Waals surface area contributed by atoms with E-state index in [2.05, 4.69) is 17.4 Å². The Kier molecular flexibility index (Phi) is 6.50. The molecule has 0 saturated carbocycles. The van der Waals surface area contributed by atoms with Crippen LogP contribution in [-0.2, 0) is 16.1 Å². The number of carbonyl (C=O) groups is 1. The predicted octanol–water partition coefficient (Wildman–Crippen LogP) is 2.08. The van der Waals surface area contributed by atoms with Gasteiger partial charge >= 0.3 is 0 Å². The Balaban J connectivity index is 1.47. The lowest BCUT2D eigenvalue weighted by atomic mass is 10.2. The van der Waals surface area contributed by atoms with Gasteiger partial charge in [0.15, 0.2) is 6.61 Å². The van der Waals surface area contributed by atoms with Gasteiger partial charge in [-0.2, -0.15) is 0 Å². The van der Waals surface area contributed by atoms with E-state index < -0.39 is 0 Å². The fraction of sp³-hybridized carbons (Fsp3) is 0.350. The lowest BCUT2D eigenvalue weighted by molar-refractivity contribution is -0.921. The summed E-state index contributed by atoms with van der Waals surface area (Å²) in [5, 5.41) is 3.53. The standard InChI is InChI=1S/C20H23ClN2O3/c1-15-12-18(6-7-19(15)21)26-14-20(24)22-17-4-2-16(3-5-17)13-23-8-10-25-11-9-23/h2-7,12H,8-11,13-14H2,1H3,(H,22,24)/p+1. The molecule has 0 spiro atoms. The zero-order valence-electron chi connectivity index (χ0n) is 14.9. The van der Waals surface area contributed by atoms with E-state index in [1.807, 2.05) is 25.1 Å². The maximum atomic E-state index is 12.1. The van der Waals surface area contributed by atoms with Crippen molar-refractivity contribution in [2.45, 2.75) is 13.5 Å². The largest absolute Gasteiger partial charge is 0.484 e. The van der Waals surface area contributed by atoms with Gasteiger partial charge in [0.25, 0.3) is 5.91 Å². The van der Waals surface area contributed by atoms with Crippen LogP contribution in [0.15, 0.2) is 42.5 Å². The third-order valence-corrected chi connectivity index (χ3v) is 4.82. The molecule has 138 valence electrons. The lowest BCUT2D eigenvalue weighted by Crippen LogP contribution is -3.12. The van der Waals surface area contributed by atoms with Crippen LogP contribution in [0.1, 0.15) is 11.1 Å². The highest BCUT2D eigenvalue weighted by Gasteiger charge is 2.14. The molecule has 0 radical (unpaired) electrons. The molecule has 26 heavy (non-hydrogen) atoms. The van der Waals surface area contributed by atoms with E-state index in [1.165, 1.54) is 10.5 Å².